The van der Waals surface area contributed by atoms with Crippen LogP contribution in [0.4, 0.5) is 5.95 Å². The number of hydrogen-bond donors (Lipinski definition) is 1. The van der Waals surface area contributed by atoms with Crippen molar-refractivity contribution in [2.75, 3.05) is 37.0 Å². The maximum atomic E-state index is 5.95. The van der Waals surface area contributed by atoms with Gasteiger partial charge in [0.1, 0.15) is 0 Å². The van der Waals surface area contributed by atoms with Gasteiger partial charge in [0, 0.05) is 0 Å². The predicted molar refractivity (Wildman–Crippen MR) is 62.9 cm³/mol. The molecule has 0 radical (unpaired) electrons. The first-order valence-corrected chi connectivity index (χ1v) is 5.42. The lowest BCUT2D eigenvalue weighted by atomic mass is 10.3. The van der Waals surface area contributed by atoms with E-state index in [-0.39, 0.29) is 0 Å². The number of hydrogen-bond acceptors (Lipinski definition) is 4. The third-order valence-corrected chi connectivity index (χ3v) is 2.83. The Morgan fingerprint density at radius 3 is 2.75 bits per heavy atom. The van der Waals surface area contributed by atoms with E-state index in [1.54, 1.807) is 0 Å². The topological polar surface area (TPSA) is 56.3 Å². The van der Waals surface area contributed by atoms with Crippen LogP contribution in [0.3, 0.4) is 0 Å². The van der Waals surface area contributed by atoms with Gasteiger partial charge in [-0.3, -0.25) is 0 Å². The molecule has 0 unspecified atom stereocenters. The fourth-order valence-corrected chi connectivity index (χ4v) is 2.08. The number of morpholine rings is 1. The first-order valence-electron chi connectivity index (χ1n) is 5.42. The minimum Gasteiger partial charge on any atom is -0.378 e. The van der Waals surface area contributed by atoms with Gasteiger partial charge in [0.2, 0.25) is 5.95 Å². The van der Waals surface area contributed by atoms with Gasteiger partial charge >= 0.3 is 0 Å². The second kappa shape index (κ2) is 3.68. The molecule has 0 saturated carbocycles. The van der Waals surface area contributed by atoms with Crippen LogP contribution in [0.5, 0.6) is 0 Å². The summed E-state index contributed by atoms with van der Waals surface area (Å²) < 4.78 is 7.32. The summed E-state index contributed by atoms with van der Waals surface area (Å²) in [5, 5.41) is 2.17. The van der Waals surface area contributed by atoms with E-state index in [1.165, 1.54) is 0 Å². The zero-order chi connectivity index (χ0) is 11.0. The molecule has 1 aliphatic heterocycles. The highest BCUT2D eigenvalue weighted by Gasteiger charge is 2.16. The molecule has 1 fully saturated rings. The van der Waals surface area contributed by atoms with E-state index in [1.807, 2.05) is 28.9 Å². The first-order chi connectivity index (χ1) is 7.86. The monoisotopic (exact) mass is 218 g/mol. The van der Waals surface area contributed by atoms with E-state index < -0.39 is 0 Å². The van der Waals surface area contributed by atoms with Crippen LogP contribution in [-0.2, 0) is 4.74 Å². The SMILES string of the molecule is Nc1nc2ccccc2n1N1CCOCC1. The second-order valence-electron chi connectivity index (χ2n) is 3.84. The molecule has 2 aromatic rings. The van der Waals surface area contributed by atoms with Crippen molar-refractivity contribution in [3.05, 3.63) is 24.3 Å². The number of fused-ring (bicyclic) bond motifs is 1. The van der Waals surface area contributed by atoms with Gasteiger partial charge in [-0.2, -0.15) is 0 Å². The van der Waals surface area contributed by atoms with Crippen molar-refractivity contribution in [1.29, 1.82) is 0 Å². The second-order valence-corrected chi connectivity index (χ2v) is 3.84. The Morgan fingerprint density at radius 2 is 1.94 bits per heavy atom. The number of nitrogen functional groups attached to an aromatic ring is 1. The van der Waals surface area contributed by atoms with Gasteiger partial charge in [0.15, 0.2) is 0 Å². The van der Waals surface area contributed by atoms with E-state index in [0.29, 0.717) is 5.95 Å². The molecule has 1 aromatic carbocycles. The van der Waals surface area contributed by atoms with Crippen molar-refractivity contribution in [3.8, 4) is 0 Å². The molecule has 0 atom stereocenters. The van der Waals surface area contributed by atoms with Crippen molar-refractivity contribution in [1.82, 2.24) is 9.66 Å². The molecule has 1 saturated heterocycles. The van der Waals surface area contributed by atoms with Gasteiger partial charge in [-0.25, -0.2) is 9.66 Å². The van der Waals surface area contributed by atoms with E-state index in [9.17, 15) is 0 Å². The van der Waals surface area contributed by atoms with E-state index in [4.69, 9.17) is 10.5 Å². The Balaban J connectivity index is 2.10. The smallest absolute Gasteiger partial charge is 0.220 e. The summed E-state index contributed by atoms with van der Waals surface area (Å²) >= 11 is 0. The molecule has 16 heavy (non-hydrogen) atoms. The van der Waals surface area contributed by atoms with Crippen molar-refractivity contribution < 1.29 is 4.74 Å². The van der Waals surface area contributed by atoms with Crippen molar-refractivity contribution in [2.45, 2.75) is 0 Å². The number of rotatable bonds is 1. The summed E-state index contributed by atoms with van der Waals surface area (Å²) in [6.45, 7) is 3.19. The fourth-order valence-electron chi connectivity index (χ4n) is 2.08. The highest BCUT2D eigenvalue weighted by Crippen LogP contribution is 2.18. The average molecular weight is 218 g/mol. The van der Waals surface area contributed by atoms with Crippen LogP contribution in [0.25, 0.3) is 11.0 Å². The summed E-state index contributed by atoms with van der Waals surface area (Å²) in [4.78, 5) is 4.35. The minimum absolute atomic E-state index is 0.545. The van der Waals surface area contributed by atoms with Gasteiger partial charge in [-0.05, 0) is 12.1 Å². The van der Waals surface area contributed by atoms with Crippen LogP contribution in [0.2, 0.25) is 0 Å². The van der Waals surface area contributed by atoms with Gasteiger partial charge in [-0.15, -0.1) is 0 Å². The third-order valence-electron chi connectivity index (χ3n) is 2.83. The van der Waals surface area contributed by atoms with Crippen LogP contribution in [0, 0.1) is 0 Å². The van der Waals surface area contributed by atoms with Gasteiger partial charge in [0.25, 0.3) is 0 Å². The van der Waals surface area contributed by atoms with Gasteiger partial charge in [-0.1, -0.05) is 12.1 Å². The molecule has 1 aliphatic rings. The molecular formula is C11H14N4O. The normalized spacial score (nSPS) is 16.9. The molecule has 0 bridgehead atoms. The maximum absolute atomic E-state index is 5.95. The summed E-state index contributed by atoms with van der Waals surface area (Å²) in [5.74, 6) is 0.545. The number of nitrogens with two attached hydrogens (primary N) is 1. The summed E-state index contributed by atoms with van der Waals surface area (Å²) in [6, 6.07) is 7.98. The zero-order valence-corrected chi connectivity index (χ0v) is 8.97. The Hall–Kier alpha value is -1.75. The average Bonchev–Trinajstić information content (AvgIpc) is 2.66. The highest BCUT2D eigenvalue weighted by molar-refractivity contribution is 5.78. The number of aromatic nitrogens is 2. The Morgan fingerprint density at radius 1 is 1.19 bits per heavy atom. The van der Waals surface area contributed by atoms with E-state index in [0.717, 1.165) is 37.3 Å². The van der Waals surface area contributed by atoms with Crippen molar-refractivity contribution >= 4 is 17.0 Å². The number of benzene rings is 1. The number of para-hydroxylation sites is 2. The first kappa shape index (κ1) is 9.47. The van der Waals surface area contributed by atoms with E-state index in [2.05, 4.69) is 9.99 Å². The Kier molecular flexibility index (Phi) is 2.18. The molecule has 1 aromatic heterocycles. The predicted octanol–water partition coefficient (Wildman–Crippen LogP) is 0.587. The van der Waals surface area contributed by atoms with Gasteiger partial charge < -0.3 is 15.5 Å². The number of nitrogens with zero attached hydrogens (tertiary/aromatic N) is 3. The van der Waals surface area contributed by atoms with Gasteiger partial charge in [0.05, 0.1) is 37.3 Å². The number of imidazole rings is 1. The molecule has 5 nitrogen and oxygen atoms in total. The summed E-state index contributed by atoms with van der Waals surface area (Å²) in [7, 11) is 0. The molecule has 84 valence electrons. The molecule has 3 rings (SSSR count). The quantitative estimate of drug-likeness (QED) is 0.761. The highest BCUT2D eigenvalue weighted by atomic mass is 16.5. The number of ether oxygens (including phenoxy) is 1. The van der Waals surface area contributed by atoms with Crippen LogP contribution >= 0.6 is 0 Å². The molecule has 5 heteroatoms. The van der Waals surface area contributed by atoms with Crippen LogP contribution in [0.1, 0.15) is 0 Å². The number of anilines is 1. The Bertz CT molecular complexity index is 502. The molecule has 0 aliphatic carbocycles. The van der Waals surface area contributed by atoms with Crippen LogP contribution < -0.4 is 10.7 Å². The molecule has 2 heterocycles. The maximum Gasteiger partial charge on any atom is 0.220 e. The lowest BCUT2D eigenvalue weighted by molar-refractivity contribution is 0.112. The lowest BCUT2D eigenvalue weighted by Gasteiger charge is -2.30. The minimum atomic E-state index is 0.545. The lowest BCUT2D eigenvalue weighted by Crippen LogP contribution is -2.44. The standard InChI is InChI=1S/C11H14N4O/c12-11-13-9-3-1-2-4-10(9)15(11)14-5-7-16-8-6-14/h1-4H,5-8H2,(H2,12,13). The molecule has 2 N–H and O–H groups in total. The molecular weight excluding hydrogens is 204 g/mol. The third kappa shape index (κ3) is 1.40. The molecule has 0 amide bonds. The van der Waals surface area contributed by atoms with Crippen molar-refractivity contribution in [3.63, 3.8) is 0 Å². The fraction of sp³-hybridized carbons (Fsp3) is 0.364. The Labute approximate surface area is 93.4 Å². The van der Waals surface area contributed by atoms with Crippen LogP contribution in [0.15, 0.2) is 24.3 Å². The van der Waals surface area contributed by atoms with Crippen molar-refractivity contribution in [2.24, 2.45) is 0 Å². The largest absolute Gasteiger partial charge is 0.378 e. The summed E-state index contributed by atoms with van der Waals surface area (Å²) in [6.07, 6.45) is 0. The molecule has 0 spiro atoms. The van der Waals surface area contributed by atoms with Crippen LogP contribution in [-0.4, -0.2) is 36.0 Å². The summed E-state index contributed by atoms with van der Waals surface area (Å²) in [5.41, 5.74) is 7.95. The zero-order valence-electron chi connectivity index (χ0n) is 8.97. The van der Waals surface area contributed by atoms with E-state index >= 15 is 0 Å².